The third-order valence-electron chi connectivity index (χ3n) is 5.35. The summed E-state index contributed by atoms with van der Waals surface area (Å²) < 4.78 is 44.8. The van der Waals surface area contributed by atoms with Crippen molar-refractivity contribution in [1.29, 1.82) is 0 Å². The number of carbonyl (C=O) groups is 1. The summed E-state index contributed by atoms with van der Waals surface area (Å²) in [6.07, 6.45) is -4.50. The van der Waals surface area contributed by atoms with Crippen molar-refractivity contribution in [2.75, 3.05) is 6.16 Å². The van der Waals surface area contributed by atoms with Gasteiger partial charge in [-0.2, -0.15) is 13.2 Å². The lowest BCUT2D eigenvalue weighted by Crippen LogP contribution is -3.00. The highest BCUT2D eigenvalue weighted by molar-refractivity contribution is 7.96. The van der Waals surface area contributed by atoms with Crippen LogP contribution in [0, 0.1) is 0 Å². The number of halogens is 4. The molecule has 4 aromatic rings. The summed E-state index contributed by atoms with van der Waals surface area (Å²) in [6, 6.07) is 33.6. The molecule has 4 aromatic carbocycles. The first-order valence-corrected chi connectivity index (χ1v) is 12.3. The maximum Gasteiger partial charge on any atom is 0.416 e. The van der Waals surface area contributed by atoms with Crippen LogP contribution in [-0.2, 0) is 11.0 Å². The first kappa shape index (κ1) is 25.7. The Balaban J connectivity index is 0.00000324. The van der Waals surface area contributed by atoms with Gasteiger partial charge in [-0.3, -0.25) is 0 Å². The lowest BCUT2D eigenvalue weighted by atomic mass is 10.2. The second kappa shape index (κ2) is 11.0. The van der Waals surface area contributed by atoms with Gasteiger partial charge in [-0.1, -0.05) is 60.7 Å². The maximum absolute atomic E-state index is 13.2. The van der Waals surface area contributed by atoms with E-state index in [9.17, 15) is 18.0 Å². The van der Waals surface area contributed by atoms with Crippen LogP contribution < -0.4 is 37.6 Å². The highest BCUT2D eigenvalue weighted by Crippen LogP contribution is 2.55. The Morgan fingerprint density at radius 2 is 1.12 bits per heavy atom. The van der Waals surface area contributed by atoms with Gasteiger partial charge in [0.25, 0.3) is 0 Å². The smallest absolute Gasteiger partial charge is 0.416 e. The molecule has 0 fully saturated rings. The zero-order valence-electron chi connectivity index (χ0n) is 18.0. The van der Waals surface area contributed by atoms with E-state index in [1.54, 1.807) is 0 Å². The highest BCUT2D eigenvalue weighted by Gasteiger charge is 2.48. The summed E-state index contributed by atoms with van der Waals surface area (Å²) >= 11 is 0. The molecule has 0 atom stereocenters. The Labute approximate surface area is 207 Å². The topological polar surface area (TPSA) is 26.3 Å². The first-order chi connectivity index (χ1) is 15.9. The molecule has 2 nitrogen and oxygen atoms in total. The fourth-order valence-electron chi connectivity index (χ4n) is 3.86. The van der Waals surface area contributed by atoms with Crippen LogP contribution in [-0.4, -0.2) is 12.1 Å². The van der Waals surface area contributed by atoms with Crippen LogP contribution in [0.3, 0.4) is 0 Å². The van der Waals surface area contributed by atoms with Crippen molar-refractivity contribution in [2.45, 2.75) is 6.18 Å². The Bertz CT molecular complexity index is 1120. The number of benzene rings is 4. The van der Waals surface area contributed by atoms with E-state index in [0.29, 0.717) is 0 Å². The SMILES string of the molecule is O=C(C[P+](c1ccccc1)(c1ccccc1)c1ccccc1)Oc1cccc(C(F)(F)F)c1.[Br-]. The molecule has 0 unspecified atom stereocenters. The third-order valence-corrected chi connectivity index (χ3v) is 9.62. The van der Waals surface area contributed by atoms with Gasteiger partial charge in [0, 0.05) is 0 Å². The minimum Gasteiger partial charge on any atom is -1.00 e. The van der Waals surface area contributed by atoms with E-state index in [2.05, 4.69) is 0 Å². The summed E-state index contributed by atoms with van der Waals surface area (Å²) in [5.74, 6) is -0.707. The molecule has 0 amide bonds. The van der Waals surface area contributed by atoms with Crippen molar-refractivity contribution in [3.63, 3.8) is 0 Å². The molecule has 7 heteroatoms. The second-order valence-electron chi connectivity index (χ2n) is 7.47. The second-order valence-corrected chi connectivity index (χ2v) is 11.0. The van der Waals surface area contributed by atoms with Crippen LogP contribution >= 0.6 is 7.26 Å². The fourth-order valence-corrected chi connectivity index (χ4v) is 7.80. The number of hydrogen-bond acceptors (Lipinski definition) is 2. The Morgan fingerprint density at radius 3 is 1.53 bits per heavy atom. The van der Waals surface area contributed by atoms with Crippen LogP contribution in [0.15, 0.2) is 115 Å². The number of hydrogen-bond donors (Lipinski definition) is 0. The molecule has 0 bridgehead atoms. The molecule has 34 heavy (non-hydrogen) atoms. The van der Waals surface area contributed by atoms with Crippen molar-refractivity contribution in [1.82, 2.24) is 0 Å². The summed E-state index contributed by atoms with van der Waals surface area (Å²) in [4.78, 5) is 13.2. The zero-order chi connectivity index (χ0) is 23.3. The van der Waals surface area contributed by atoms with Gasteiger partial charge in [0.05, 0.1) is 5.56 Å². The number of esters is 1. The van der Waals surface area contributed by atoms with Crippen molar-refractivity contribution in [3.05, 3.63) is 121 Å². The Morgan fingerprint density at radius 1 is 0.676 bits per heavy atom. The average Bonchev–Trinajstić information content (AvgIpc) is 2.84. The maximum atomic E-state index is 13.2. The van der Waals surface area contributed by atoms with E-state index in [1.165, 1.54) is 12.1 Å². The van der Waals surface area contributed by atoms with Crippen LogP contribution in [0.25, 0.3) is 0 Å². The molecular formula is C27H21BrF3O2P. The van der Waals surface area contributed by atoms with E-state index in [1.807, 2.05) is 91.0 Å². The first-order valence-electron chi connectivity index (χ1n) is 10.3. The van der Waals surface area contributed by atoms with Crippen molar-refractivity contribution < 1.29 is 39.7 Å². The van der Waals surface area contributed by atoms with Crippen LogP contribution in [0.1, 0.15) is 5.56 Å². The normalized spacial score (nSPS) is 11.4. The quantitative estimate of drug-likeness (QED) is 0.212. The predicted octanol–water partition coefficient (Wildman–Crippen LogP) is 2.61. The molecule has 4 rings (SSSR count). The summed E-state index contributed by atoms with van der Waals surface area (Å²) in [7, 11) is -2.49. The summed E-state index contributed by atoms with van der Waals surface area (Å²) in [6.45, 7) is 0. The Hall–Kier alpha value is -2.95. The molecule has 0 aromatic heterocycles. The summed E-state index contributed by atoms with van der Waals surface area (Å²) in [5.41, 5.74) is -0.858. The molecule has 0 radical (unpaired) electrons. The number of carbonyl (C=O) groups excluding carboxylic acids is 1. The van der Waals surface area contributed by atoms with Crippen LogP contribution in [0.5, 0.6) is 5.75 Å². The molecular weight excluding hydrogens is 524 g/mol. The monoisotopic (exact) mass is 544 g/mol. The molecule has 174 valence electrons. The van der Waals surface area contributed by atoms with E-state index in [0.717, 1.165) is 28.0 Å². The predicted molar refractivity (Wildman–Crippen MR) is 127 cm³/mol. The van der Waals surface area contributed by atoms with Gasteiger partial charge < -0.3 is 21.7 Å². The molecule has 0 aliphatic heterocycles. The van der Waals surface area contributed by atoms with Crippen molar-refractivity contribution >= 4 is 29.1 Å². The lowest BCUT2D eigenvalue weighted by molar-refractivity contribution is -0.138. The molecule has 0 saturated heterocycles. The van der Waals surface area contributed by atoms with Gasteiger partial charge in [-0.05, 0) is 54.6 Å². The van der Waals surface area contributed by atoms with E-state index in [4.69, 9.17) is 4.74 Å². The van der Waals surface area contributed by atoms with Crippen molar-refractivity contribution in [3.8, 4) is 5.75 Å². The molecule has 0 heterocycles. The third kappa shape index (κ3) is 5.57. The van der Waals surface area contributed by atoms with Gasteiger partial charge in [-0.15, -0.1) is 0 Å². The molecule has 0 aliphatic rings. The highest BCUT2D eigenvalue weighted by atomic mass is 79.9. The van der Waals surface area contributed by atoms with Gasteiger partial charge in [0.15, 0.2) is 6.16 Å². The number of ether oxygens (including phenoxy) is 1. The Kier molecular flexibility index (Phi) is 8.29. The zero-order valence-corrected chi connectivity index (χ0v) is 20.4. The van der Waals surface area contributed by atoms with Crippen LogP contribution in [0.4, 0.5) is 13.2 Å². The molecule has 0 saturated carbocycles. The lowest BCUT2D eigenvalue weighted by Gasteiger charge is -2.26. The van der Waals surface area contributed by atoms with Crippen LogP contribution in [0.2, 0.25) is 0 Å². The van der Waals surface area contributed by atoms with E-state index >= 15 is 0 Å². The van der Waals surface area contributed by atoms with E-state index < -0.39 is 25.0 Å². The molecule has 0 N–H and O–H groups in total. The van der Waals surface area contributed by atoms with Gasteiger partial charge in [0.1, 0.15) is 28.9 Å². The summed E-state index contributed by atoms with van der Waals surface area (Å²) in [5, 5.41) is 2.97. The van der Waals surface area contributed by atoms with Gasteiger partial charge in [-0.25, -0.2) is 4.79 Å². The molecule has 0 aliphatic carbocycles. The van der Waals surface area contributed by atoms with Gasteiger partial charge >= 0.3 is 12.1 Å². The number of alkyl halides is 3. The largest absolute Gasteiger partial charge is 1.00 e. The minimum absolute atomic E-state index is 0. The molecule has 0 spiro atoms. The van der Waals surface area contributed by atoms with Crippen molar-refractivity contribution in [2.24, 2.45) is 0 Å². The minimum atomic E-state index is -4.52. The standard InChI is InChI=1S/C27H21F3O2P.BrH/c28-27(29,30)21-11-10-12-22(19-21)32-26(31)20-33(23-13-4-1-5-14-23,24-15-6-2-7-16-24)25-17-8-3-9-18-25;/h1-19H,20H2;1H/q+1;/p-1. The average molecular weight is 545 g/mol. The number of rotatable bonds is 6. The van der Waals surface area contributed by atoms with E-state index in [-0.39, 0.29) is 28.9 Å². The van der Waals surface area contributed by atoms with Gasteiger partial charge in [0.2, 0.25) is 0 Å². The fraction of sp³-hybridized carbons (Fsp3) is 0.0741.